The van der Waals surface area contributed by atoms with Crippen LogP contribution in [0.25, 0.3) is 0 Å². The van der Waals surface area contributed by atoms with Gasteiger partial charge < -0.3 is 20.1 Å². The van der Waals surface area contributed by atoms with Crippen LogP contribution in [0, 0.1) is 0 Å². The molecule has 0 atom stereocenters. The summed E-state index contributed by atoms with van der Waals surface area (Å²) in [7, 11) is 0. The minimum absolute atomic E-state index is 0.0658. The lowest BCUT2D eigenvalue weighted by molar-refractivity contribution is 0.0951. The number of anilines is 1. The molecular weight excluding hydrogens is 428 g/mol. The third-order valence-electron chi connectivity index (χ3n) is 6.05. The maximum absolute atomic E-state index is 13.4. The molecule has 178 valence electrons. The van der Waals surface area contributed by atoms with E-state index in [1.807, 2.05) is 27.8 Å². The zero-order chi connectivity index (χ0) is 23.6. The molecule has 0 fully saturated rings. The van der Waals surface area contributed by atoms with Crippen molar-refractivity contribution in [1.82, 2.24) is 25.2 Å². The normalized spacial score (nSPS) is 15.0. The topological polar surface area (TPSA) is 92.2 Å². The summed E-state index contributed by atoms with van der Waals surface area (Å²) in [5.74, 6) is -0.192. The maximum Gasteiger partial charge on any atom is 0.259 e. The highest BCUT2D eigenvalue weighted by molar-refractivity contribution is 6.06. The average molecular weight is 461 g/mol. The number of amides is 2. The molecule has 1 aliphatic heterocycles. The summed E-state index contributed by atoms with van der Waals surface area (Å²) in [6.07, 6.45) is 14.1. The zero-order valence-corrected chi connectivity index (χ0v) is 19.4. The number of fused-ring (bicyclic) bond motifs is 1. The van der Waals surface area contributed by atoms with E-state index in [0.717, 1.165) is 37.1 Å². The van der Waals surface area contributed by atoms with Gasteiger partial charge in [-0.2, -0.15) is 0 Å². The van der Waals surface area contributed by atoms with Gasteiger partial charge in [-0.25, -0.2) is 4.98 Å². The van der Waals surface area contributed by atoms with Crippen molar-refractivity contribution in [3.05, 3.63) is 78.1 Å². The Morgan fingerprint density at radius 3 is 2.71 bits per heavy atom. The molecule has 0 bridgehead atoms. The maximum atomic E-state index is 13.4. The standard InChI is InChI=1S/C26H32N6O2/c33-25(30-13-16-31-15-12-29-20-31)21-8-9-24-23(17-21)19-27-10-4-2-1-3-5-14-32(24)26(34)22-7-6-11-28-18-22/h6-9,11-12,15,17-18,20,27H,1-5,10,13-14,16,19H2,(H,30,33). The number of carbonyl (C=O) groups excluding carboxylic acids is 2. The molecule has 1 aliphatic rings. The molecule has 0 spiro atoms. The number of nitrogens with one attached hydrogen (secondary N) is 2. The predicted octanol–water partition coefficient (Wildman–Crippen LogP) is 3.41. The molecule has 8 heteroatoms. The van der Waals surface area contributed by atoms with E-state index in [-0.39, 0.29) is 11.8 Å². The third kappa shape index (κ3) is 6.29. The molecule has 3 heterocycles. The van der Waals surface area contributed by atoms with Crippen molar-refractivity contribution >= 4 is 17.5 Å². The van der Waals surface area contributed by atoms with Crippen molar-refractivity contribution in [3.8, 4) is 0 Å². The van der Waals surface area contributed by atoms with E-state index in [1.165, 1.54) is 12.8 Å². The predicted molar refractivity (Wildman–Crippen MR) is 132 cm³/mol. The summed E-state index contributed by atoms with van der Waals surface area (Å²) in [4.78, 5) is 36.2. The number of benzene rings is 1. The number of aromatic nitrogens is 3. The van der Waals surface area contributed by atoms with Crippen molar-refractivity contribution in [1.29, 1.82) is 0 Å². The summed E-state index contributed by atoms with van der Waals surface area (Å²) >= 11 is 0. The minimum atomic E-state index is -0.126. The average Bonchev–Trinajstić information content (AvgIpc) is 3.38. The van der Waals surface area contributed by atoms with Gasteiger partial charge in [0.25, 0.3) is 11.8 Å². The Kier molecular flexibility index (Phi) is 8.40. The van der Waals surface area contributed by atoms with E-state index in [1.54, 1.807) is 43.1 Å². The Bertz CT molecular complexity index is 1070. The molecule has 34 heavy (non-hydrogen) atoms. The summed E-state index contributed by atoms with van der Waals surface area (Å²) in [5.41, 5.74) is 2.94. The Hall–Kier alpha value is -3.52. The van der Waals surface area contributed by atoms with E-state index in [9.17, 15) is 9.59 Å². The quantitative estimate of drug-likeness (QED) is 0.609. The number of hydrogen-bond donors (Lipinski definition) is 2. The third-order valence-corrected chi connectivity index (χ3v) is 6.05. The first-order valence-corrected chi connectivity index (χ1v) is 12.0. The Balaban J connectivity index is 1.56. The molecule has 1 aromatic carbocycles. The second-order valence-electron chi connectivity index (χ2n) is 8.54. The van der Waals surface area contributed by atoms with Gasteiger partial charge in [0.1, 0.15) is 0 Å². The number of hydrogen-bond acceptors (Lipinski definition) is 5. The van der Waals surface area contributed by atoms with E-state index in [0.29, 0.717) is 37.3 Å². The van der Waals surface area contributed by atoms with E-state index >= 15 is 0 Å². The van der Waals surface area contributed by atoms with Gasteiger partial charge in [0.2, 0.25) is 0 Å². The number of imidazole rings is 1. The lowest BCUT2D eigenvalue weighted by atomic mass is 10.0. The van der Waals surface area contributed by atoms with Gasteiger partial charge >= 0.3 is 0 Å². The molecule has 2 aromatic heterocycles. The molecule has 0 aliphatic carbocycles. The highest BCUT2D eigenvalue weighted by Crippen LogP contribution is 2.25. The molecule has 0 radical (unpaired) electrons. The van der Waals surface area contributed by atoms with Crippen molar-refractivity contribution in [3.63, 3.8) is 0 Å². The van der Waals surface area contributed by atoms with Crippen LogP contribution in [0.4, 0.5) is 5.69 Å². The number of nitrogens with zero attached hydrogens (tertiary/aromatic N) is 4. The van der Waals surface area contributed by atoms with Gasteiger partial charge in [0.15, 0.2) is 0 Å². The molecule has 4 rings (SSSR count). The Morgan fingerprint density at radius 1 is 1.00 bits per heavy atom. The molecule has 2 N–H and O–H groups in total. The zero-order valence-electron chi connectivity index (χ0n) is 19.4. The number of pyridine rings is 1. The fourth-order valence-electron chi connectivity index (χ4n) is 4.20. The highest BCUT2D eigenvalue weighted by atomic mass is 16.2. The van der Waals surface area contributed by atoms with Crippen LogP contribution in [0.2, 0.25) is 0 Å². The largest absolute Gasteiger partial charge is 0.350 e. The van der Waals surface area contributed by atoms with Gasteiger partial charge in [-0.1, -0.05) is 19.3 Å². The monoisotopic (exact) mass is 460 g/mol. The minimum Gasteiger partial charge on any atom is -0.350 e. The summed E-state index contributed by atoms with van der Waals surface area (Å²) in [6.45, 7) is 3.32. The van der Waals surface area contributed by atoms with Crippen LogP contribution in [0.15, 0.2) is 61.4 Å². The smallest absolute Gasteiger partial charge is 0.259 e. The van der Waals surface area contributed by atoms with Crippen molar-refractivity contribution in [2.45, 2.75) is 45.2 Å². The Labute approximate surface area is 200 Å². The summed E-state index contributed by atoms with van der Waals surface area (Å²) in [6, 6.07) is 9.20. The second-order valence-corrected chi connectivity index (χ2v) is 8.54. The van der Waals surface area contributed by atoms with Crippen LogP contribution in [0.3, 0.4) is 0 Å². The van der Waals surface area contributed by atoms with Gasteiger partial charge in [-0.3, -0.25) is 14.6 Å². The van der Waals surface area contributed by atoms with Gasteiger partial charge in [-0.15, -0.1) is 0 Å². The molecule has 0 unspecified atom stereocenters. The van der Waals surface area contributed by atoms with E-state index in [4.69, 9.17) is 0 Å². The number of rotatable bonds is 5. The van der Waals surface area contributed by atoms with E-state index < -0.39 is 0 Å². The molecule has 0 saturated carbocycles. The number of carbonyl (C=O) groups is 2. The second kappa shape index (κ2) is 12.1. The van der Waals surface area contributed by atoms with Crippen LogP contribution in [-0.2, 0) is 13.1 Å². The fourth-order valence-corrected chi connectivity index (χ4v) is 4.20. The summed E-state index contributed by atoms with van der Waals surface area (Å²) < 4.78 is 1.92. The van der Waals surface area contributed by atoms with Gasteiger partial charge in [0, 0.05) is 62.2 Å². The van der Waals surface area contributed by atoms with Crippen LogP contribution < -0.4 is 15.5 Å². The first kappa shape index (κ1) is 23.6. The van der Waals surface area contributed by atoms with Gasteiger partial charge in [0.05, 0.1) is 11.9 Å². The van der Waals surface area contributed by atoms with Crippen LogP contribution in [0.5, 0.6) is 0 Å². The first-order valence-electron chi connectivity index (χ1n) is 12.0. The van der Waals surface area contributed by atoms with Crippen LogP contribution in [-0.4, -0.2) is 46.0 Å². The molecule has 8 nitrogen and oxygen atoms in total. The lowest BCUT2D eigenvalue weighted by Crippen LogP contribution is -2.34. The molecular formula is C26H32N6O2. The van der Waals surface area contributed by atoms with E-state index in [2.05, 4.69) is 20.6 Å². The molecule has 0 saturated heterocycles. The van der Waals surface area contributed by atoms with Crippen molar-refractivity contribution in [2.24, 2.45) is 0 Å². The fraction of sp³-hybridized carbons (Fsp3) is 0.385. The lowest BCUT2D eigenvalue weighted by Gasteiger charge is -2.26. The van der Waals surface area contributed by atoms with Crippen LogP contribution >= 0.6 is 0 Å². The highest BCUT2D eigenvalue weighted by Gasteiger charge is 2.21. The van der Waals surface area contributed by atoms with Gasteiger partial charge in [-0.05, 0) is 55.3 Å². The first-order chi connectivity index (χ1) is 16.7. The molecule has 2 amide bonds. The van der Waals surface area contributed by atoms with Crippen molar-refractivity contribution < 1.29 is 9.59 Å². The molecule has 3 aromatic rings. The Morgan fingerprint density at radius 2 is 1.88 bits per heavy atom. The SMILES string of the molecule is O=C(NCCn1ccnc1)c1ccc2c(c1)CNCCCCCCCN2C(=O)c1cccnc1. The summed E-state index contributed by atoms with van der Waals surface area (Å²) in [5, 5.41) is 6.47. The van der Waals surface area contributed by atoms with Crippen LogP contribution in [0.1, 0.15) is 58.4 Å². The van der Waals surface area contributed by atoms with Crippen molar-refractivity contribution in [2.75, 3.05) is 24.5 Å².